The first kappa shape index (κ1) is 18.1. The number of hydrogen-bond donors (Lipinski definition) is 2. The summed E-state index contributed by atoms with van der Waals surface area (Å²) in [6.45, 7) is 2.18. The fourth-order valence-electron chi connectivity index (χ4n) is 2.35. The monoisotopic (exact) mass is 347 g/mol. The number of ether oxygens (including phenoxy) is 1. The van der Waals surface area contributed by atoms with E-state index >= 15 is 0 Å². The molecule has 0 unspecified atom stereocenters. The van der Waals surface area contributed by atoms with E-state index in [0.29, 0.717) is 29.4 Å². The average molecular weight is 347 g/mol. The van der Waals surface area contributed by atoms with Crippen LogP contribution in [-0.4, -0.2) is 29.2 Å². The molecule has 1 amide bonds. The van der Waals surface area contributed by atoms with Gasteiger partial charge in [0.1, 0.15) is 5.75 Å². The van der Waals surface area contributed by atoms with Crippen molar-refractivity contribution in [3.8, 4) is 5.75 Å². The first-order chi connectivity index (χ1) is 11.5. The molecule has 0 atom stereocenters. The largest absolute Gasteiger partial charge is 0.496 e. The molecule has 0 aliphatic carbocycles. The van der Waals surface area contributed by atoms with Gasteiger partial charge in [0.05, 0.1) is 7.11 Å². The number of hydrogen-bond acceptors (Lipinski definition) is 5. The maximum Gasteiger partial charge on any atom is 0.254 e. The molecule has 0 aliphatic rings. The molecule has 24 heavy (non-hydrogen) atoms. The van der Waals surface area contributed by atoms with Crippen LogP contribution in [0.1, 0.15) is 23.2 Å². The predicted molar refractivity (Wildman–Crippen MR) is 94.5 cm³/mol. The first-order valence-corrected chi connectivity index (χ1v) is 8.80. The third-order valence-electron chi connectivity index (χ3n) is 3.66. The van der Waals surface area contributed by atoms with Gasteiger partial charge in [0, 0.05) is 29.8 Å². The number of nitrogens with zero attached hydrogens (tertiary/aromatic N) is 1. The van der Waals surface area contributed by atoms with E-state index in [9.17, 15) is 9.59 Å². The molecule has 0 spiro atoms. The number of thioether (sulfide) groups is 1. The lowest BCUT2D eigenvalue weighted by atomic mass is 10.1. The zero-order valence-electron chi connectivity index (χ0n) is 14.0. The zero-order valence-corrected chi connectivity index (χ0v) is 14.8. The standard InChI is InChI=1S/C17H21N3O3S/c1-11-13(16(22)20-17(19-11)24-3)8-9-15(21)18-10-12-6-4-5-7-14(12)23-2/h4-7H,8-10H2,1-3H3,(H,18,21)(H,19,20,22). The van der Waals surface area contributed by atoms with Crippen molar-refractivity contribution in [2.24, 2.45) is 0 Å². The first-order valence-electron chi connectivity index (χ1n) is 7.57. The number of nitrogens with one attached hydrogen (secondary N) is 2. The molecule has 1 aromatic heterocycles. The number of aryl methyl sites for hydroxylation is 1. The van der Waals surface area contributed by atoms with Gasteiger partial charge in [-0.3, -0.25) is 9.59 Å². The van der Waals surface area contributed by atoms with Crippen molar-refractivity contribution in [3.63, 3.8) is 0 Å². The topological polar surface area (TPSA) is 84.1 Å². The van der Waals surface area contributed by atoms with Crippen LogP contribution in [0.25, 0.3) is 0 Å². The highest BCUT2D eigenvalue weighted by Crippen LogP contribution is 2.16. The van der Waals surface area contributed by atoms with E-state index in [4.69, 9.17) is 4.74 Å². The molecule has 2 rings (SSSR count). The Morgan fingerprint density at radius 2 is 2.12 bits per heavy atom. The minimum atomic E-state index is -0.177. The quantitative estimate of drug-likeness (QED) is 0.592. The number of carbonyl (C=O) groups excluding carboxylic acids is 1. The third kappa shape index (κ3) is 4.61. The Bertz CT molecular complexity index is 774. The van der Waals surface area contributed by atoms with E-state index in [0.717, 1.165) is 11.3 Å². The molecule has 2 aromatic rings. The summed E-state index contributed by atoms with van der Waals surface area (Å²) in [5, 5.41) is 3.43. The fraction of sp³-hybridized carbons (Fsp3) is 0.353. The second-order valence-electron chi connectivity index (χ2n) is 5.23. The normalized spacial score (nSPS) is 10.5. The van der Waals surface area contributed by atoms with Gasteiger partial charge in [-0.2, -0.15) is 0 Å². The smallest absolute Gasteiger partial charge is 0.254 e. The highest BCUT2D eigenvalue weighted by atomic mass is 32.2. The van der Waals surface area contributed by atoms with E-state index in [2.05, 4.69) is 15.3 Å². The molecule has 0 radical (unpaired) electrons. The van der Waals surface area contributed by atoms with Gasteiger partial charge in [0.25, 0.3) is 5.56 Å². The van der Waals surface area contributed by atoms with Crippen LogP contribution in [0.3, 0.4) is 0 Å². The Kier molecular flexibility index (Phi) is 6.43. The summed E-state index contributed by atoms with van der Waals surface area (Å²) in [5.74, 6) is 0.621. The molecular formula is C17H21N3O3S. The molecule has 7 heteroatoms. The van der Waals surface area contributed by atoms with Crippen LogP contribution < -0.4 is 15.6 Å². The van der Waals surface area contributed by atoms with Gasteiger partial charge < -0.3 is 15.0 Å². The van der Waals surface area contributed by atoms with Crippen LogP contribution in [0, 0.1) is 6.92 Å². The molecule has 128 valence electrons. The van der Waals surface area contributed by atoms with Crippen LogP contribution >= 0.6 is 11.8 Å². The van der Waals surface area contributed by atoms with Crippen molar-refractivity contribution in [3.05, 3.63) is 51.4 Å². The second kappa shape index (κ2) is 8.54. The Labute approximate surface area is 145 Å². The van der Waals surface area contributed by atoms with E-state index in [1.807, 2.05) is 30.5 Å². The van der Waals surface area contributed by atoms with Crippen LogP contribution in [0.5, 0.6) is 5.75 Å². The molecule has 1 aromatic carbocycles. The van der Waals surface area contributed by atoms with Crippen molar-refractivity contribution >= 4 is 17.7 Å². The highest BCUT2D eigenvalue weighted by Gasteiger charge is 2.11. The Hall–Kier alpha value is -2.28. The maximum atomic E-state index is 12.0. The molecule has 0 bridgehead atoms. The lowest BCUT2D eigenvalue weighted by molar-refractivity contribution is -0.121. The van der Waals surface area contributed by atoms with Gasteiger partial charge >= 0.3 is 0 Å². The van der Waals surface area contributed by atoms with E-state index in [1.165, 1.54) is 11.8 Å². The van der Waals surface area contributed by atoms with Crippen molar-refractivity contribution in [2.45, 2.75) is 31.5 Å². The summed E-state index contributed by atoms with van der Waals surface area (Å²) in [4.78, 5) is 31.1. The average Bonchev–Trinajstić information content (AvgIpc) is 2.59. The molecule has 0 saturated heterocycles. The Balaban J connectivity index is 1.93. The number of methoxy groups -OCH3 is 1. The number of para-hydroxylation sites is 1. The molecule has 2 N–H and O–H groups in total. The van der Waals surface area contributed by atoms with Gasteiger partial charge in [-0.05, 0) is 25.7 Å². The minimum absolute atomic E-state index is 0.117. The van der Waals surface area contributed by atoms with E-state index < -0.39 is 0 Å². The van der Waals surface area contributed by atoms with Crippen molar-refractivity contribution in [2.75, 3.05) is 13.4 Å². The molecular weight excluding hydrogens is 326 g/mol. The number of aromatic nitrogens is 2. The third-order valence-corrected chi connectivity index (χ3v) is 4.24. The lowest BCUT2D eigenvalue weighted by Crippen LogP contribution is -2.25. The highest BCUT2D eigenvalue weighted by molar-refractivity contribution is 7.98. The predicted octanol–water partition coefficient (Wildman–Crippen LogP) is 2.06. The lowest BCUT2D eigenvalue weighted by Gasteiger charge is -2.10. The summed E-state index contributed by atoms with van der Waals surface area (Å²) in [6, 6.07) is 7.53. The zero-order chi connectivity index (χ0) is 17.5. The van der Waals surface area contributed by atoms with Crippen LogP contribution in [0.2, 0.25) is 0 Å². The second-order valence-corrected chi connectivity index (χ2v) is 6.02. The minimum Gasteiger partial charge on any atom is -0.496 e. The summed E-state index contributed by atoms with van der Waals surface area (Å²) in [6.07, 6.45) is 2.45. The number of amides is 1. The van der Waals surface area contributed by atoms with Gasteiger partial charge in [-0.15, -0.1) is 0 Å². The van der Waals surface area contributed by atoms with Crippen molar-refractivity contribution in [1.82, 2.24) is 15.3 Å². The summed E-state index contributed by atoms with van der Waals surface area (Å²) in [7, 11) is 1.60. The number of carbonyl (C=O) groups is 1. The SMILES string of the molecule is COc1ccccc1CNC(=O)CCc1c(C)nc(SC)[nH]c1=O. The summed E-state index contributed by atoms with van der Waals surface area (Å²) >= 11 is 1.38. The van der Waals surface area contributed by atoms with Gasteiger partial charge in [0.15, 0.2) is 5.16 Å². The van der Waals surface area contributed by atoms with Gasteiger partial charge in [0.2, 0.25) is 5.91 Å². The van der Waals surface area contributed by atoms with Crippen LogP contribution in [0.15, 0.2) is 34.2 Å². The Morgan fingerprint density at radius 3 is 2.79 bits per heavy atom. The number of H-pyrrole nitrogens is 1. The molecule has 0 fully saturated rings. The Morgan fingerprint density at radius 1 is 1.38 bits per heavy atom. The summed E-state index contributed by atoms with van der Waals surface area (Å²) in [5.41, 5.74) is 1.96. The molecule has 6 nitrogen and oxygen atoms in total. The van der Waals surface area contributed by atoms with Crippen LogP contribution in [0.4, 0.5) is 0 Å². The number of benzene rings is 1. The van der Waals surface area contributed by atoms with E-state index in [1.54, 1.807) is 14.0 Å². The van der Waals surface area contributed by atoms with Gasteiger partial charge in [-0.25, -0.2) is 4.98 Å². The van der Waals surface area contributed by atoms with Crippen LogP contribution in [-0.2, 0) is 17.8 Å². The van der Waals surface area contributed by atoms with E-state index in [-0.39, 0.29) is 17.9 Å². The summed E-state index contributed by atoms with van der Waals surface area (Å²) < 4.78 is 5.25. The molecule has 0 saturated carbocycles. The van der Waals surface area contributed by atoms with Gasteiger partial charge in [-0.1, -0.05) is 30.0 Å². The number of aromatic amines is 1. The molecule has 1 heterocycles. The molecule has 0 aliphatic heterocycles. The van der Waals surface area contributed by atoms with Crippen molar-refractivity contribution < 1.29 is 9.53 Å². The number of rotatable bonds is 7. The fourth-order valence-corrected chi connectivity index (χ4v) is 2.77. The maximum absolute atomic E-state index is 12.0. The van der Waals surface area contributed by atoms with Crippen molar-refractivity contribution in [1.29, 1.82) is 0 Å².